The summed E-state index contributed by atoms with van der Waals surface area (Å²) in [4.78, 5) is 33.6. The van der Waals surface area contributed by atoms with Gasteiger partial charge in [-0.15, -0.1) is 0 Å². The van der Waals surface area contributed by atoms with Gasteiger partial charge in [0.15, 0.2) is 0 Å². The van der Waals surface area contributed by atoms with Crippen LogP contribution in [-0.4, -0.2) is 42.0 Å². The van der Waals surface area contributed by atoms with Crippen molar-refractivity contribution in [3.8, 4) is 17.2 Å². The second-order valence-corrected chi connectivity index (χ2v) is 15.8. The molecule has 1 heterocycles. The van der Waals surface area contributed by atoms with Crippen LogP contribution in [0.3, 0.4) is 0 Å². The number of carbonyl (C=O) groups excluding carboxylic acids is 2. The van der Waals surface area contributed by atoms with Crippen LogP contribution in [0.4, 0.5) is 0 Å². The highest BCUT2D eigenvalue weighted by atomic mass is 32.2. The lowest BCUT2D eigenvalue weighted by molar-refractivity contribution is 0.0508. The number of fused-ring (bicyclic) bond motifs is 1. The Morgan fingerprint density at radius 3 is 2.04 bits per heavy atom. The molecule has 0 saturated carbocycles. The van der Waals surface area contributed by atoms with Crippen LogP contribution in [0.25, 0.3) is 0 Å². The molecule has 4 aromatic rings. The van der Waals surface area contributed by atoms with Crippen LogP contribution < -0.4 is 14.2 Å². The fourth-order valence-corrected chi connectivity index (χ4v) is 6.85. The molecule has 7 nitrogen and oxygen atoms in total. The van der Waals surface area contributed by atoms with Crippen LogP contribution >= 0.6 is 11.8 Å². The minimum Gasteiger partial charge on any atom is -0.488 e. The Balaban J connectivity index is 1.32. The SMILES string of the molecule is CCC(N=Cc1cc(CCOC(=O)c2ccc(OC(C)(C)C)cc2)ccc1OC(=O)c1ccc(OC(C)(C)C)cc1)C1=CCCc2ccccc2S1. The largest absolute Gasteiger partial charge is 0.488 e. The summed E-state index contributed by atoms with van der Waals surface area (Å²) in [6, 6.07) is 28.0. The van der Waals surface area contributed by atoms with Crippen LogP contribution in [-0.2, 0) is 17.6 Å². The maximum absolute atomic E-state index is 13.3. The van der Waals surface area contributed by atoms with Gasteiger partial charge in [0, 0.05) is 28.0 Å². The third-order valence-electron chi connectivity index (χ3n) is 8.00. The van der Waals surface area contributed by atoms with E-state index in [0.717, 1.165) is 24.8 Å². The first kappa shape index (κ1) is 38.4. The van der Waals surface area contributed by atoms with E-state index in [0.29, 0.717) is 40.4 Å². The molecule has 0 radical (unpaired) electrons. The third-order valence-corrected chi connectivity index (χ3v) is 9.29. The summed E-state index contributed by atoms with van der Waals surface area (Å²) in [5.41, 5.74) is 3.10. The van der Waals surface area contributed by atoms with Gasteiger partial charge in [-0.05, 0) is 139 Å². The number of rotatable bonds is 12. The van der Waals surface area contributed by atoms with Gasteiger partial charge < -0.3 is 18.9 Å². The van der Waals surface area contributed by atoms with Crippen molar-refractivity contribution >= 4 is 29.9 Å². The van der Waals surface area contributed by atoms with Crippen molar-refractivity contribution in [1.29, 1.82) is 0 Å². The minimum absolute atomic E-state index is 0.0557. The Labute approximate surface area is 312 Å². The third kappa shape index (κ3) is 11.3. The first-order valence-corrected chi connectivity index (χ1v) is 18.7. The lowest BCUT2D eigenvalue weighted by atomic mass is 10.1. The van der Waals surface area contributed by atoms with E-state index in [4.69, 9.17) is 23.9 Å². The number of esters is 2. The highest BCUT2D eigenvalue weighted by Gasteiger charge is 2.19. The lowest BCUT2D eigenvalue weighted by Crippen LogP contribution is -2.23. The van der Waals surface area contributed by atoms with Crippen LogP contribution in [0.2, 0.25) is 0 Å². The minimum atomic E-state index is -0.483. The van der Waals surface area contributed by atoms with Crippen molar-refractivity contribution in [2.45, 2.75) is 96.3 Å². The molecule has 272 valence electrons. The maximum Gasteiger partial charge on any atom is 0.343 e. The molecule has 0 aliphatic carbocycles. The molecular weight excluding hydrogens is 671 g/mol. The molecule has 0 amide bonds. The number of ether oxygens (including phenoxy) is 4. The van der Waals surface area contributed by atoms with Crippen LogP contribution in [0.5, 0.6) is 17.2 Å². The zero-order valence-electron chi connectivity index (χ0n) is 31.2. The van der Waals surface area contributed by atoms with E-state index in [9.17, 15) is 9.59 Å². The number of hydrogen-bond donors (Lipinski definition) is 0. The highest BCUT2D eigenvalue weighted by Crippen LogP contribution is 2.37. The average molecular weight is 720 g/mol. The predicted molar refractivity (Wildman–Crippen MR) is 209 cm³/mol. The molecule has 1 atom stereocenters. The van der Waals surface area contributed by atoms with Gasteiger partial charge in [-0.2, -0.15) is 0 Å². The lowest BCUT2D eigenvalue weighted by Gasteiger charge is -2.21. The Morgan fingerprint density at radius 1 is 0.808 bits per heavy atom. The number of thioether (sulfide) groups is 1. The molecule has 5 rings (SSSR count). The van der Waals surface area contributed by atoms with Gasteiger partial charge in [0.05, 0.1) is 23.8 Å². The second kappa shape index (κ2) is 17.1. The molecule has 4 aromatic carbocycles. The van der Waals surface area contributed by atoms with Crippen molar-refractivity contribution < 1.29 is 28.5 Å². The fourth-order valence-electron chi connectivity index (χ4n) is 5.58. The van der Waals surface area contributed by atoms with E-state index >= 15 is 0 Å². The van der Waals surface area contributed by atoms with Crippen molar-refractivity contribution in [3.63, 3.8) is 0 Å². The molecule has 0 N–H and O–H groups in total. The van der Waals surface area contributed by atoms with Gasteiger partial charge in [0.1, 0.15) is 28.5 Å². The Hall–Kier alpha value is -4.82. The molecule has 0 spiro atoms. The number of aliphatic imine (C=N–C) groups is 1. The molecule has 1 aliphatic rings. The van der Waals surface area contributed by atoms with Crippen molar-refractivity contribution in [1.82, 2.24) is 0 Å². The maximum atomic E-state index is 13.3. The fraction of sp³-hybridized carbons (Fsp3) is 0.341. The highest BCUT2D eigenvalue weighted by molar-refractivity contribution is 8.03. The molecule has 52 heavy (non-hydrogen) atoms. The van der Waals surface area contributed by atoms with Gasteiger partial charge >= 0.3 is 11.9 Å². The number of allylic oxidation sites excluding steroid dienone is 1. The summed E-state index contributed by atoms with van der Waals surface area (Å²) in [6.07, 6.45) is 7.33. The Bertz CT molecular complexity index is 1900. The first-order valence-electron chi connectivity index (χ1n) is 17.9. The Morgan fingerprint density at radius 2 is 1.42 bits per heavy atom. The standard InChI is InChI=1S/C44H49NO6S/c1-8-37(40-15-11-13-31-12-9-10-14-39(31)52-40)45-29-34-28-30(26-27-48-41(46)32-17-21-35(22-18-32)50-43(2,3)4)16-25-38(34)49-42(47)33-19-23-36(24-20-33)51-44(5,6)7/h9-10,12,14-25,28-29,37H,8,11,13,26-27H2,1-7H3. The summed E-state index contributed by atoms with van der Waals surface area (Å²) in [5, 5.41) is 0. The molecular formula is C44H49NO6S. The van der Waals surface area contributed by atoms with Gasteiger partial charge in [-0.3, -0.25) is 4.99 Å². The summed E-state index contributed by atoms with van der Waals surface area (Å²) < 4.78 is 23.3. The quantitative estimate of drug-likeness (QED) is 0.0819. The second-order valence-electron chi connectivity index (χ2n) is 14.7. The van der Waals surface area contributed by atoms with E-state index in [1.54, 1.807) is 72.6 Å². The van der Waals surface area contributed by atoms with E-state index < -0.39 is 11.9 Å². The number of benzene rings is 4. The monoisotopic (exact) mass is 719 g/mol. The summed E-state index contributed by atoms with van der Waals surface area (Å²) >= 11 is 1.78. The number of hydrogen-bond acceptors (Lipinski definition) is 8. The van der Waals surface area contributed by atoms with Crippen LogP contribution in [0.15, 0.2) is 112 Å². The number of carbonyl (C=O) groups is 2. The normalized spacial score (nSPS) is 13.8. The zero-order valence-corrected chi connectivity index (χ0v) is 32.0. The van der Waals surface area contributed by atoms with Crippen LogP contribution in [0.1, 0.15) is 98.7 Å². The first-order chi connectivity index (χ1) is 24.8. The molecule has 1 aliphatic heterocycles. The van der Waals surface area contributed by atoms with Crippen molar-refractivity contribution in [2.24, 2.45) is 4.99 Å². The van der Waals surface area contributed by atoms with Crippen LogP contribution in [0, 0.1) is 0 Å². The molecule has 0 bridgehead atoms. The average Bonchev–Trinajstić information content (AvgIpc) is 3.31. The predicted octanol–water partition coefficient (Wildman–Crippen LogP) is 10.5. The molecule has 0 aromatic heterocycles. The smallest absolute Gasteiger partial charge is 0.343 e. The molecule has 8 heteroatoms. The Kier molecular flexibility index (Phi) is 12.7. The van der Waals surface area contributed by atoms with Gasteiger partial charge in [0.25, 0.3) is 0 Å². The molecule has 0 saturated heterocycles. The topological polar surface area (TPSA) is 83.4 Å². The van der Waals surface area contributed by atoms with Gasteiger partial charge in [-0.1, -0.05) is 49.0 Å². The van der Waals surface area contributed by atoms with Crippen molar-refractivity contribution in [3.05, 3.63) is 130 Å². The number of aryl methyl sites for hydroxylation is 1. The molecule has 0 fully saturated rings. The van der Waals surface area contributed by atoms with Crippen molar-refractivity contribution in [2.75, 3.05) is 6.61 Å². The van der Waals surface area contributed by atoms with E-state index in [1.807, 2.05) is 53.7 Å². The van der Waals surface area contributed by atoms with E-state index in [-0.39, 0.29) is 23.9 Å². The summed E-state index contributed by atoms with van der Waals surface area (Å²) in [6.45, 7) is 14.1. The van der Waals surface area contributed by atoms with Gasteiger partial charge in [-0.25, -0.2) is 9.59 Å². The zero-order chi connectivity index (χ0) is 37.3. The summed E-state index contributed by atoms with van der Waals surface area (Å²) in [7, 11) is 0. The van der Waals surface area contributed by atoms with E-state index in [2.05, 4.69) is 37.3 Å². The number of nitrogens with zero attached hydrogens (tertiary/aromatic N) is 1. The van der Waals surface area contributed by atoms with Gasteiger partial charge in [0.2, 0.25) is 0 Å². The van der Waals surface area contributed by atoms with E-state index in [1.165, 1.54) is 15.4 Å². The summed E-state index contributed by atoms with van der Waals surface area (Å²) in [5.74, 6) is 0.866. The molecule has 1 unspecified atom stereocenters.